The molecule has 2 heterocycles. The first-order valence-corrected chi connectivity index (χ1v) is 6.91. The molecule has 92 valence electrons. The third kappa shape index (κ3) is 2.47. The first-order valence-electron chi connectivity index (χ1n) is 6.03. The van der Waals surface area contributed by atoms with Gasteiger partial charge in [0.25, 0.3) is 0 Å². The molecule has 0 aliphatic heterocycles. The van der Waals surface area contributed by atoms with Gasteiger partial charge in [0.1, 0.15) is 11.3 Å². The van der Waals surface area contributed by atoms with Gasteiger partial charge in [-0.3, -0.25) is 0 Å². The van der Waals surface area contributed by atoms with Crippen molar-refractivity contribution in [1.29, 1.82) is 0 Å². The van der Waals surface area contributed by atoms with Gasteiger partial charge < -0.3 is 9.73 Å². The van der Waals surface area contributed by atoms with Crippen molar-refractivity contribution in [2.24, 2.45) is 0 Å². The molecule has 0 saturated carbocycles. The highest BCUT2D eigenvalue weighted by Gasteiger charge is 2.03. The van der Waals surface area contributed by atoms with Crippen molar-refractivity contribution < 1.29 is 4.42 Å². The van der Waals surface area contributed by atoms with Gasteiger partial charge in [-0.2, -0.15) is 0 Å². The van der Waals surface area contributed by atoms with Gasteiger partial charge in [0, 0.05) is 16.8 Å². The maximum Gasteiger partial charge on any atom is 0.134 e. The smallest absolute Gasteiger partial charge is 0.134 e. The van der Waals surface area contributed by atoms with Crippen molar-refractivity contribution in [2.45, 2.75) is 20.0 Å². The largest absolute Gasteiger partial charge is 0.460 e. The van der Waals surface area contributed by atoms with Crippen molar-refractivity contribution in [1.82, 2.24) is 5.32 Å². The Morgan fingerprint density at radius 1 is 1.17 bits per heavy atom. The zero-order chi connectivity index (χ0) is 12.4. The molecule has 0 radical (unpaired) electrons. The number of fused-ring (bicyclic) bond motifs is 1. The first kappa shape index (κ1) is 11.5. The highest BCUT2D eigenvalue weighted by atomic mass is 32.1. The molecule has 1 aromatic carbocycles. The molecule has 3 aromatic rings. The molecular weight excluding hydrogens is 242 g/mol. The summed E-state index contributed by atoms with van der Waals surface area (Å²) in [7, 11) is 0. The Labute approximate surface area is 110 Å². The quantitative estimate of drug-likeness (QED) is 0.761. The average molecular weight is 257 g/mol. The molecule has 3 rings (SSSR count). The van der Waals surface area contributed by atoms with E-state index in [4.69, 9.17) is 4.42 Å². The monoisotopic (exact) mass is 257 g/mol. The number of rotatable bonds is 4. The van der Waals surface area contributed by atoms with Gasteiger partial charge in [0.05, 0.1) is 6.54 Å². The summed E-state index contributed by atoms with van der Waals surface area (Å²) < 4.78 is 5.78. The molecule has 2 nitrogen and oxygen atoms in total. The summed E-state index contributed by atoms with van der Waals surface area (Å²) in [4.78, 5) is 1.35. The fourth-order valence-corrected chi connectivity index (χ4v) is 2.70. The summed E-state index contributed by atoms with van der Waals surface area (Å²) in [6.07, 6.45) is 0. The normalized spacial score (nSPS) is 11.2. The van der Waals surface area contributed by atoms with Crippen LogP contribution in [0.2, 0.25) is 0 Å². The zero-order valence-electron chi connectivity index (χ0n) is 10.3. The van der Waals surface area contributed by atoms with Crippen LogP contribution in [0.25, 0.3) is 11.0 Å². The molecule has 0 fully saturated rings. The maximum absolute atomic E-state index is 5.78. The minimum Gasteiger partial charge on any atom is -0.460 e. The van der Waals surface area contributed by atoms with Crippen molar-refractivity contribution in [3.63, 3.8) is 0 Å². The van der Waals surface area contributed by atoms with Gasteiger partial charge in [-0.05, 0) is 36.6 Å². The Hall–Kier alpha value is -1.58. The molecule has 0 saturated heterocycles. The highest BCUT2D eigenvalue weighted by Crippen LogP contribution is 2.20. The molecule has 18 heavy (non-hydrogen) atoms. The first-order chi connectivity index (χ1) is 8.81. The summed E-state index contributed by atoms with van der Waals surface area (Å²) in [5, 5.41) is 6.68. The summed E-state index contributed by atoms with van der Waals surface area (Å²) in [5.74, 6) is 0.993. The van der Waals surface area contributed by atoms with Crippen LogP contribution in [-0.4, -0.2) is 0 Å². The van der Waals surface area contributed by atoms with E-state index in [-0.39, 0.29) is 0 Å². The zero-order valence-corrected chi connectivity index (χ0v) is 11.1. The topological polar surface area (TPSA) is 25.2 Å². The van der Waals surface area contributed by atoms with Gasteiger partial charge >= 0.3 is 0 Å². The van der Waals surface area contributed by atoms with Crippen LogP contribution in [0.1, 0.15) is 16.2 Å². The minimum absolute atomic E-state index is 0.769. The lowest BCUT2D eigenvalue weighted by molar-refractivity contribution is 0.515. The van der Waals surface area contributed by atoms with Crippen molar-refractivity contribution in [3.8, 4) is 0 Å². The maximum atomic E-state index is 5.78. The van der Waals surface area contributed by atoms with E-state index in [1.807, 2.05) is 6.07 Å². The standard InChI is InChI=1S/C15H15NOS/c1-11-4-5-15-12(7-11)8-13(17-15)9-16-10-14-3-2-6-18-14/h2-8,16H,9-10H2,1H3. The van der Waals surface area contributed by atoms with E-state index in [1.54, 1.807) is 11.3 Å². The van der Waals surface area contributed by atoms with E-state index in [9.17, 15) is 0 Å². The molecule has 0 aliphatic carbocycles. The van der Waals surface area contributed by atoms with E-state index in [2.05, 4.69) is 48.0 Å². The van der Waals surface area contributed by atoms with Gasteiger partial charge in [0.2, 0.25) is 0 Å². The van der Waals surface area contributed by atoms with Crippen LogP contribution in [-0.2, 0) is 13.1 Å². The summed E-state index contributed by atoms with van der Waals surface area (Å²) >= 11 is 1.77. The molecule has 3 heteroatoms. The summed E-state index contributed by atoms with van der Waals surface area (Å²) in [6, 6.07) is 12.6. The number of thiophene rings is 1. The number of hydrogen-bond donors (Lipinski definition) is 1. The van der Waals surface area contributed by atoms with Crippen LogP contribution >= 0.6 is 11.3 Å². The lowest BCUT2D eigenvalue weighted by atomic mass is 10.2. The lowest BCUT2D eigenvalue weighted by Crippen LogP contribution is -2.10. The Kier molecular flexibility index (Phi) is 3.17. The number of hydrogen-bond acceptors (Lipinski definition) is 3. The van der Waals surface area contributed by atoms with Crippen LogP contribution in [0, 0.1) is 6.92 Å². The molecule has 0 aliphatic rings. The molecule has 0 bridgehead atoms. The second-order valence-electron chi connectivity index (χ2n) is 4.44. The molecule has 2 aromatic heterocycles. The number of furan rings is 1. The highest BCUT2D eigenvalue weighted by molar-refractivity contribution is 7.09. The second kappa shape index (κ2) is 4.96. The van der Waals surface area contributed by atoms with Crippen LogP contribution in [0.3, 0.4) is 0 Å². The Balaban J connectivity index is 1.67. The van der Waals surface area contributed by atoms with E-state index in [0.717, 1.165) is 24.4 Å². The van der Waals surface area contributed by atoms with E-state index < -0.39 is 0 Å². The molecule has 1 N–H and O–H groups in total. The second-order valence-corrected chi connectivity index (χ2v) is 5.47. The average Bonchev–Trinajstić information content (AvgIpc) is 2.97. The van der Waals surface area contributed by atoms with E-state index >= 15 is 0 Å². The molecule has 0 atom stereocenters. The minimum atomic E-state index is 0.769. The van der Waals surface area contributed by atoms with Gasteiger partial charge in [-0.1, -0.05) is 17.7 Å². The van der Waals surface area contributed by atoms with Gasteiger partial charge in [0.15, 0.2) is 0 Å². The summed E-state index contributed by atoms with van der Waals surface area (Å²) in [6.45, 7) is 3.76. The molecule has 0 amide bonds. The van der Waals surface area contributed by atoms with Crippen LogP contribution < -0.4 is 5.32 Å². The molecule has 0 unspecified atom stereocenters. The van der Waals surface area contributed by atoms with Crippen LogP contribution in [0.5, 0.6) is 0 Å². The Morgan fingerprint density at radius 3 is 2.94 bits per heavy atom. The SMILES string of the molecule is Cc1ccc2oc(CNCc3cccs3)cc2c1. The third-order valence-electron chi connectivity index (χ3n) is 2.90. The van der Waals surface area contributed by atoms with Crippen LogP contribution in [0.4, 0.5) is 0 Å². The van der Waals surface area contributed by atoms with Crippen LogP contribution in [0.15, 0.2) is 46.2 Å². The lowest BCUT2D eigenvalue weighted by Gasteiger charge is -1.99. The Bertz CT molecular complexity index is 640. The predicted molar refractivity (Wildman–Crippen MR) is 75.8 cm³/mol. The van der Waals surface area contributed by atoms with Crippen molar-refractivity contribution in [3.05, 3.63) is 58.0 Å². The van der Waals surface area contributed by atoms with E-state index in [1.165, 1.54) is 15.8 Å². The van der Waals surface area contributed by atoms with E-state index in [0.29, 0.717) is 0 Å². The van der Waals surface area contributed by atoms with Gasteiger partial charge in [-0.25, -0.2) is 0 Å². The fourth-order valence-electron chi connectivity index (χ4n) is 2.03. The summed E-state index contributed by atoms with van der Waals surface area (Å²) in [5.41, 5.74) is 2.23. The number of aryl methyl sites for hydroxylation is 1. The predicted octanol–water partition coefficient (Wildman–Crippen LogP) is 4.09. The number of benzene rings is 1. The molecule has 0 spiro atoms. The van der Waals surface area contributed by atoms with Crippen molar-refractivity contribution in [2.75, 3.05) is 0 Å². The number of nitrogens with one attached hydrogen (secondary N) is 1. The Morgan fingerprint density at radius 2 is 2.11 bits per heavy atom. The fraction of sp³-hybridized carbons (Fsp3) is 0.200. The third-order valence-corrected chi connectivity index (χ3v) is 3.78. The molecular formula is C15H15NOS. The van der Waals surface area contributed by atoms with Crippen molar-refractivity contribution >= 4 is 22.3 Å². The van der Waals surface area contributed by atoms with Gasteiger partial charge in [-0.15, -0.1) is 11.3 Å².